The molecule has 2 aromatic rings. The normalized spacial score (nSPS) is 26.6. The smallest absolute Gasteiger partial charge is 0.238 e. The molecule has 1 saturated carbocycles. The molecule has 24 heavy (non-hydrogen) atoms. The monoisotopic (exact) mass is 323 g/mol. The first kappa shape index (κ1) is 14.2. The first-order valence-electron chi connectivity index (χ1n) is 8.76. The van der Waals surface area contributed by atoms with Crippen molar-refractivity contribution in [2.45, 2.75) is 43.7 Å². The highest BCUT2D eigenvalue weighted by atomic mass is 16.2. The fraction of sp³-hybridized carbons (Fsp3) is 0.500. The molecule has 1 amide bonds. The van der Waals surface area contributed by atoms with Gasteiger partial charge in [0.1, 0.15) is 5.41 Å². The van der Waals surface area contributed by atoms with Gasteiger partial charge in [-0.2, -0.15) is 0 Å². The van der Waals surface area contributed by atoms with Gasteiger partial charge in [0.2, 0.25) is 5.91 Å². The molecule has 4 heterocycles. The van der Waals surface area contributed by atoms with Gasteiger partial charge < -0.3 is 9.88 Å². The van der Waals surface area contributed by atoms with E-state index in [1.165, 1.54) is 18.5 Å². The molecule has 1 spiro atoms. The Morgan fingerprint density at radius 2 is 2.29 bits per heavy atom. The van der Waals surface area contributed by atoms with Crippen LogP contribution < -0.4 is 5.32 Å². The van der Waals surface area contributed by atoms with Gasteiger partial charge in [0, 0.05) is 31.5 Å². The molecule has 6 heteroatoms. The second-order valence-electron chi connectivity index (χ2n) is 7.27. The SMILES string of the molecule is O=C1Nc2cccnc2C12CCCN(Cc1cncn1C1CC1)C2. The Bertz CT molecular complexity index is 796. The van der Waals surface area contributed by atoms with Crippen molar-refractivity contribution < 1.29 is 4.79 Å². The Morgan fingerprint density at radius 3 is 3.17 bits per heavy atom. The van der Waals surface area contributed by atoms with E-state index in [4.69, 9.17) is 0 Å². The number of hydrogen-bond donors (Lipinski definition) is 1. The maximum absolute atomic E-state index is 12.7. The van der Waals surface area contributed by atoms with Crippen molar-refractivity contribution in [2.24, 2.45) is 0 Å². The van der Waals surface area contributed by atoms with Crippen LogP contribution in [0.5, 0.6) is 0 Å². The van der Waals surface area contributed by atoms with Gasteiger partial charge in [-0.3, -0.25) is 14.7 Å². The molecule has 124 valence electrons. The van der Waals surface area contributed by atoms with E-state index in [0.29, 0.717) is 6.04 Å². The molecule has 1 saturated heterocycles. The molecule has 2 aliphatic heterocycles. The first-order chi connectivity index (χ1) is 11.8. The third-order valence-electron chi connectivity index (χ3n) is 5.59. The summed E-state index contributed by atoms with van der Waals surface area (Å²) in [6.45, 7) is 2.61. The zero-order valence-corrected chi connectivity index (χ0v) is 13.6. The lowest BCUT2D eigenvalue weighted by molar-refractivity contribution is -0.123. The summed E-state index contributed by atoms with van der Waals surface area (Å²) in [6.07, 6.45) is 10.1. The number of pyridine rings is 1. The molecule has 0 radical (unpaired) electrons. The van der Waals surface area contributed by atoms with Crippen LogP contribution in [0.1, 0.15) is 43.1 Å². The van der Waals surface area contributed by atoms with E-state index in [-0.39, 0.29) is 5.91 Å². The number of nitrogens with zero attached hydrogens (tertiary/aromatic N) is 4. The third kappa shape index (κ3) is 2.09. The molecule has 2 fully saturated rings. The van der Waals surface area contributed by atoms with Crippen LogP contribution in [0.4, 0.5) is 5.69 Å². The fourth-order valence-corrected chi connectivity index (χ4v) is 4.26. The second-order valence-corrected chi connectivity index (χ2v) is 7.27. The molecule has 1 N–H and O–H groups in total. The third-order valence-corrected chi connectivity index (χ3v) is 5.59. The van der Waals surface area contributed by atoms with Crippen molar-refractivity contribution in [2.75, 3.05) is 18.4 Å². The van der Waals surface area contributed by atoms with E-state index in [1.54, 1.807) is 6.20 Å². The quantitative estimate of drug-likeness (QED) is 0.939. The molecule has 1 aliphatic carbocycles. The summed E-state index contributed by atoms with van der Waals surface area (Å²) in [7, 11) is 0. The van der Waals surface area contributed by atoms with Gasteiger partial charge in [-0.05, 0) is 44.4 Å². The van der Waals surface area contributed by atoms with Gasteiger partial charge in [0.05, 0.1) is 23.4 Å². The number of amides is 1. The molecular formula is C18H21N5O. The Balaban J connectivity index is 1.42. The Hall–Kier alpha value is -2.21. The minimum Gasteiger partial charge on any atom is -0.330 e. The average Bonchev–Trinajstić information content (AvgIpc) is 3.29. The van der Waals surface area contributed by atoms with Crippen molar-refractivity contribution in [1.29, 1.82) is 0 Å². The Labute approximate surface area is 140 Å². The predicted molar refractivity (Wildman–Crippen MR) is 89.6 cm³/mol. The van der Waals surface area contributed by atoms with Crippen LogP contribution in [-0.2, 0) is 16.8 Å². The largest absolute Gasteiger partial charge is 0.330 e. The number of piperidine rings is 1. The van der Waals surface area contributed by atoms with E-state index < -0.39 is 5.41 Å². The number of carbonyl (C=O) groups is 1. The van der Waals surface area contributed by atoms with Crippen LogP contribution in [0.15, 0.2) is 30.9 Å². The number of nitrogens with one attached hydrogen (secondary N) is 1. The van der Waals surface area contributed by atoms with Crippen molar-refractivity contribution in [3.63, 3.8) is 0 Å². The van der Waals surface area contributed by atoms with E-state index >= 15 is 0 Å². The van der Waals surface area contributed by atoms with Crippen molar-refractivity contribution in [3.8, 4) is 0 Å². The minimum absolute atomic E-state index is 0.108. The van der Waals surface area contributed by atoms with Gasteiger partial charge in [0.15, 0.2) is 0 Å². The Morgan fingerprint density at radius 1 is 1.38 bits per heavy atom. The molecule has 2 aromatic heterocycles. The van der Waals surface area contributed by atoms with Crippen molar-refractivity contribution in [3.05, 3.63) is 42.2 Å². The maximum atomic E-state index is 12.7. The highest BCUT2D eigenvalue weighted by Gasteiger charge is 2.50. The summed E-state index contributed by atoms with van der Waals surface area (Å²) in [6, 6.07) is 4.47. The summed E-state index contributed by atoms with van der Waals surface area (Å²) >= 11 is 0. The summed E-state index contributed by atoms with van der Waals surface area (Å²) in [4.78, 5) is 24.0. The van der Waals surface area contributed by atoms with Crippen molar-refractivity contribution >= 4 is 11.6 Å². The number of fused-ring (bicyclic) bond motifs is 2. The first-order valence-corrected chi connectivity index (χ1v) is 8.76. The Kier molecular flexibility index (Phi) is 3.03. The average molecular weight is 323 g/mol. The zero-order chi connectivity index (χ0) is 16.1. The number of likely N-dealkylation sites (tertiary alicyclic amines) is 1. The van der Waals surface area contributed by atoms with Crippen LogP contribution in [0.2, 0.25) is 0 Å². The number of rotatable bonds is 3. The highest BCUT2D eigenvalue weighted by molar-refractivity contribution is 6.05. The molecule has 1 unspecified atom stereocenters. The molecule has 0 aromatic carbocycles. The zero-order valence-electron chi connectivity index (χ0n) is 13.6. The van der Waals surface area contributed by atoms with E-state index in [2.05, 4.69) is 24.8 Å². The standard InChI is InChI=1S/C18H21N5O/c24-17-18(16-15(21-17)3-1-7-20-16)6-2-8-22(11-18)10-14-9-19-12-23(14)13-4-5-13/h1,3,7,9,12-13H,2,4-6,8,10-11H2,(H,21,24). The predicted octanol–water partition coefficient (Wildman–Crippen LogP) is 2.10. The van der Waals surface area contributed by atoms with Crippen LogP contribution >= 0.6 is 0 Å². The van der Waals surface area contributed by atoms with Crippen LogP contribution in [0.3, 0.4) is 0 Å². The molecule has 3 aliphatic rings. The number of hydrogen-bond acceptors (Lipinski definition) is 4. The van der Waals surface area contributed by atoms with Crippen LogP contribution in [0.25, 0.3) is 0 Å². The van der Waals surface area contributed by atoms with E-state index in [1.807, 2.05) is 24.7 Å². The number of imidazole rings is 1. The van der Waals surface area contributed by atoms with Crippen LogP contribution in [-0.4, -0.2) is 38.4 Å². The summed E-state index contributed by atoms with van der Waals surface area (Å²) in [5, 5.41) is 3.03. The lowest BCUT2D eigenvalue weighted by Gasteiger charge is -2.38. The summed E-state index contributed by atoms with van der Waals surface area (Å²) in [5.74, 6) is 0.108. The minimum atomic E-state index is -0.487. The van der Waals surface area contributed by atoms with E-state index in [0.717, 1.165) is 43.9 Å². The molecular weight excluding hydrogens is 302 g/mol. The number of aromatic nitrogens is 3. The van der Waals surface area contributed by atoms with Gasteiger partial charge in [-0.1, -0.05) is 0 Å². The summed E-state index contributed by atoms with van der Waals surface area (Å²) in [5.41, 5.74) is 2.58. The van der Waals surface area contributed by atoms with Gasteiger partial charge in [-0.15, -0.1) is 0 Å². The fourth-order valence-electron chi connectivity index (χ4n) is 4.26. The lowest BCUT2D eigenvalue weighted by atomic mass is 9.77. The molecule has 0 bridgehead atoms. The highest BCUT2D eigenvalue weighted by Crippen LogP contribution is 2.43. The topological polar surface area (TPSA) is 63.1 Å². The number of carbonyl (C=O) groups excluding carboxylic acids is 1. The molecule has 5 rings (SSSR count). The van der Waals surface area contributed by atoms with Crippen molar-refractivity contribution in [1.82, 2.24) is 19.4 Å². The van der Waals surface area contributed by atoms with Gasteiger partial charge in [0.25, 0.3) is 0 Å². The summed E-state index contributed by atoms with van der Waals surface area (Å²) < 4.78 is 2.31. The van der Waals surface area contributed by atoms with Gasteiger partial charge >= 0.3 is 0 Å². The van der Waals surface area contributed by atoms with E-state index in [9.17, 15) is 4.79 Å². The maximum Gasteiger partial charge on any atom is 0.238 e. The van der Waals surface area contributed by atoms with Crippen LogP contribution in [0, 0.1) is 0 Å². The molecule has 1 atom stereocenters. The number of anilines is 1. The molecule has 6 nitrogen and oxygen atoms in total. The lowest BCUT2D eigenvalue weighted by Crippen LogP contribution is -2.50. The van der Waals surface area contributed by atoms with Gasteiger partial charge in [-0.25, -0.2) is 4.98 Å². The second kappa shape index (κ2) is 5.14.